The molecule has 0 aromatic heterocycles. The molecule has 0 radical (unpaired) electrons. The van der Waals surface area contributed by atoms with Gasteiger partial charge in [0.1, 0.15) is 0 Å². The highest BCUT2D eigenvalue weighted by molar-refractivity contribution is 5.00. The first kappa shape index (κ1) is 8.55. The molecule has 0 aromatic carbocycles. The van der Waals surface area contributed by atoms with E-state index in [1.54, 1.807) is 0 Å². The third-order valence-corrected chi connectivity index (χ3v) is 3.82. The summed E-state index contributed by atoms with van der Waals surface area (Å²) in [6, 6.07) is 0. The second-order valence-corrected chi connectivity index (χ2v) is 5.16. The van der Waals surface area contributed by atoms with Gasteiger partial charge in [0, 0.05) is 6.54 Å². The fourth-order valence-electron chi connectivity index (χ4n) is 3.21. The standard InChI is InChI=1S/C11H21N/c1-9(2)7-11-5-3-10(11)4-6-12-8-11/h9-10,12H,3-8H2,1-2H3. The molecule has 12 heavy (non-hydrogen) atoms. The summed E-state index contributed by atoms with van der Waals surface area (Å²) in [6.45, 7) is 7.29. The highest BCUT2D eigenvalue weighted by atomic mass is 14.9. The number of nitrogens with one attached hydrogen (secondary N) is 1. The van der Waals surface area contributed by atoms with E-state index in [9.17, 15) is 0 Å². The van der Waals surface area contributed by atoms with Gasteiger partial charge in [0.05, 0.1) is 0 Å². The Balaban J connectivity index is 1.98. The molecule has 2 aliphatic rings. The number of rotatable bonds is 2. The molecular formula is C11H21N. The Bertz CT molecular complexity index is 164. The molecule has 1 heterocycles. The minimum absolute atomic E-state index is 0.729. The molecule has 1 aliphatic carbocycles. The summed E-state index contributed by atoms with van der Waals surface area (Å²) in [6.07, 6.45) is 5.88. The minimum atomic E-state index is 0.729. The molecule has 2 atom stereocenters. The van der Waals surface area contributed by atoms with Crippen molar-refractivity contribution in [3.8, 4) is 0 Å². The van der Waals surface area contributed by atoms with Gasteiger partial charge in [-0.05, 0) is 49.5 Å². The molecule has 0 amide bonds. The zero-order chi connectivity index (χ0) is 8.60. The van der Waals surface area contributed by atoms with Crippen LogP contribution in [0.4, 0.5) is 0 Å². The summed E-state index contributed by atoms with van der Waals surface area (Å²) >= 11 is 0. The van der Waals surface area contributed by atoms with Gasteiger partial charge in [-0.2, -0.15) is 0 Å². The maximum absolute atomic E-state index is 3.56. The van der Waals surface area contributed by atoms with Crippen LogP contribution >= 0.6 is 0 Å². The van der Waals surface area contributed by atoms with Crippen LogP contribution in [-0.2, 0) is 0 Å². The smallest absolute Gasteiger partial charge is 0.00106 e. The summed E-state index contributed by atoms with van der Waals surface area (Å²) in [5.41, 5.74) is 0.729. The molecule has 1 heteroatoms. The Morgan fingerprint density at radius 3 is 2.75 bits per heavy atom. The van der Waals surface area contributed by atoms with Crippen LogP contribution in [0.25, 0.3) is 0 Å². The van der Waals surface area contributed by atoms with E-state index in [0.29, 0.717) is 0 Å². The lowest BCUT2D eigenvalue weighted by Gasteiger charge is -2.54. The van der Waals surface area contributed by atoms with Crippen molar-refractivity contribution >= 4 is 0 Å². The fraction of sp³-hybridized carbons (Fsp3) is 1.00. The van der Waals surface area contributed by atoms with E-state index in [4.69, 9.17) is 0 Å². The van der Waals surface area contributed by atoms with Crippen LogP contribution in [0, 0.1) is 17.3 Å². The van der Waals surface area contributed by atoms with Gasteiger partial charge in [0.2, 0.25) is 0 Å². The maximum Gasteiger partial charge on any atom is 0.00106 e. The second kappa shape index (κ2) is 3.02. The first-order chi connectivity index (χ1) is 5.73. The average Bonchev–Trinajstić information content (AvgIpc) is 1.97. The van der Waals surface area contributed by atoms with Gasteiger partial charge < -0.3 is 5.32 Å². The molecule has 2 rings (SSSR count). The molecule has 0 aromatic rings. The lowest BCUT2D eigenvalue weighted by molar-refractivity contribution is -0.0176. The molecular weight excluding hydrogens is 146 g/mol. The van der Waals surface area contributed by atoms with Gasteiger partial charge in [-0.1, -0.05) is 13.8 Å². The van der Waals surface area contributed by atoms with E-state index >= 15 is 0 Å². The highest BCUT2D eigenvalue weighted by Gasteiger charge is 2.47. The largest absolute Gasteiger partial charge is 0.316 e. The second-order valence-electron chi connectivity index (χ2n) is 5.16. The quantitative estimate of drug-likeness (QED) is 0.666. The molecule has 1 aliphatic heterocycles. The van der Waals surface area contributed by atoms with Gasteiger partial charge in [-0.3, -0.25) is 0 Å². The topological polar surface area (TPSA) is 12.0 Å². The van der Waals surface area contributed by atoms with E-state index < -0.39 is 0 Å². The number of piperidine rings is 1. The van der Waals surface area contributed by atoms with Crippen LogP contribution in [0.3, 0.4) is 0 Å². The van der Waals surface area contributed by atoms with Crippen molar-refractivity contribution in [3.05, 3.63) is 0 Å². The van der Waals surface area contributed by atoms with E-state index in [2.05, 4.69) is 19.2 Å². The lowest BCUT2D eigenvalue weighted by atomic mass is 9.54. The van der Waals surface area contributed by atoms with Crippen molar-refractivity contribution in [1.82, 2.24) is 5.32 Å². The van der Waals surface area contributed by atoms with Crippen LogP contribution in [-0.4, -0.2) is 13.1 Å². The number of hydrogen-bond donors (Lipinski definition) is 1. The number of fused-ring (bicyclic) bond motifs is 1. The van der Waals surface area contributed by atoms with Crippen molar-refractivity contribution in [3.63, 3.8) is 0 Å². The normalized spacial score (nSPS) is 40.8. The molecule has 2 unspecified atom stereocenters. The maximum atomic E-state index is 3.56. The number of hydrogen-bond acceptors (Lipinski definition) is 1. The van der Waals surface area contributed by atoms with Crippen LogP contribution in [0.2, 0.25) is 0 Å². The van der Waals surface area contributed by atoms with Gasteiger partial charge >= 0.3 is 0 Å². The van der Waals surface area contributed by atoms with Gasteiger partial charge in [0.15, 0.2) is 0 Å². The zero-order valence-corrected chi connectivity index (χ0v) is 8.40. The average molecular weight is 167 g/mol. The zero-order valence-electron chi connectivity index (χ0n) is 8.40. The molecule has 1 N–H and O–H groups in total. The van der Waals surface area contributed by atoms with Crippen molar-refractivity contribution < 1.29 is 0 Å². The predicted octanol–water partition coefficient (Wildman–Crippen LogP) is 2.42. The Morgan fingerprint density at radius 1 is 1.42 bits per heavy atom. The summed E-state index contributed by atoms with van der Waals surface area (Å²) in [5, 5.41) is 3.56. The van der Waals surface area contributed by atoms with Crippen LogP contribution in [0.5, 0.6) is 0 Å². The molecule has 1 nitrogen and oxygen atoms in total. The van der Waals surface area contributed by atoms with Gasteiger partial charge in [-0.25, -0.2) is 0 Å². The molecule has 1 saturated heterocycles. The third kappa shape index (κ3) is 1.28. The SMILES string of the molecule is CC(C)CC12CCC1CCNC2. The monoisotopic (exact) mass is 167 g/mol. The first-order valence-electron chi connectivity index (χ1n) is 5.44. The van der Waals surface area contributed by atoms with E-state index in [1.165, 1.54) is 38.8 Å². The summed E-state index contributed by atoms with van der Waals surface area (Å²) < 4.78 is 0. The van der Waals surface area contributed by atoms with Crippen LogP contribution < -0.4 is 5.32 Å². The van der Waals surface area contributed by atoms with Crippen molar-refractivity contribution in [2.24, 2.45) is 17.3 Å². The molecule has 1 saturated carbocycles. The van der Waals surface area contributed by atoms with E-state index in [-0.39, 0.29) is 0 Å². The fourth-order valence-corrected chi connectivity index (χ4v) is 3.21. The molecule has 0 bridgehead atoms. The van der Waals surface area contributed by atoms with E-state index in [0.717, 1.165) is 17.3 Å². The summed E-state index contributed by atoms with van der Waals surface area (Å²) in [7, 11) is 0. The van der Waals surface area contributed by atoms with Gasteiger partial charge in [-0.15, -0.1) is 0 Å². The lowest BCUT2D eigenvalue weighted by Crippen LogP contribution is -2.53. The highest BCUT2D eigenvalue weighted by Crippen LogP contribution is 2.53. The molecule has 70 valence electrons. The van der Waals surface area contributed by atoms with Crippen LogP contribution in [0.1, 0.15) is 39.5 Å². The summed E-state index contributed by atoms with van der Waals surface area (Å²) in [4.78, 5) is 0. The minimum Gasteiger partial charge on any atom is -0.316 e. The summed E-state index contributed by atoms with van der Waals surface area (Å²) in [5.74, 6) is 1.95. The van der Waals surface area contributed by atoms with Crippen molar-refractivity contribution in [2.75, 3.05) is 13.1 Å². The molecule has 0 spiro atoms. The first-order valence-corrected chi connectivity index (χ1v) is 5.44. The third-order valence-electron chi connectivity index (χ3n) is 3.82. The van der Waals surface area contributed by atoms with Gasteiger partial charge in [0.25, 0.3) is 0 Å². The van der Waals surface area contributed by atoms with E-state index in [1.807, 2.05) is 0 Å². The van der Waals surface area contributed by atoms with Crippen molar-refractivity contribution in [2.45, 2.75) is 39.5 Å². The molecule has 2 fully saturated rings. The van der Waals surface area contributed by atoms with Crippen molar-refractivity contribution in [1.29, 1.82) is 0 Å². The van der Waals surface area contributed by atoms with Crippen LogP contribution in [0.15, 0.2) is 0 Å². The predicted molar refractivity (Wildman–Crippen MR) is 52.1 cm³/mol. The Morgan fingerprint density at radius 2 is 2.25 bits per heavy atom. The Labute approximate surface area is 75.9 Å². The Hall–Kier alpha value is -0.0400. The Kier molecular flexibility index (Phi) is 2.16.